The Morgan fingerprint density at radius 3 is 2.46 bits per heavy atom. The molecule has 0 amide bonds. The van der Waals surface area contributed by atoms with Crippen LogP contribution in [0.25, 0.3) is 23.1 Å². The first-order chi connectivity index (χ1) is 16.5. The second kappa shape index (κ2) is 9.94. The molecule has 0 aliphatic rings. The number of aromatic nitrogens is 1. The second-order valence-corrected chi connectivity index (χ2v) is 12.1. The third-order valence-corrected chi connectivity index (χ3v) is 7.84. The minimum atomic E-state index is -3.70. The number of aliphatic hydroxyl groups is 1. The van der Waals surface area contributed by atoms with Gasteiger partial charge in [0.1, 0.15) is 0 Å². The Labute approximate surface area is 211 Å². The number of halogens is 1. The van der Waals surface area contributed by atoms with E-state index in [9.17, 15) is 13.5 Å². The number of fused-ring (bicyclic) bond motifs is 1. The summed E-state index contributed by atoms with van der Waals surface area (Å²) in [5.74, 6) is -0.389. The zero-order valence-electron chi connectivity index (χ0n) is 19.9. The summed E-state index contributed by atoms with van der Waals surface area (Å²) < 4.78 is 26.4. The first-order valence-corrected chi connectivity index (χ1v) is 13.4. The number of nitrogens with zero attached hydrogens (tertiary/aromatic N) is 1. The number of sulfone groups is 1. The lowest BCUT2D eigenvalue weighted by atomic mass is 9.87. The summed E-state index contributed by atoms with van der Waals surface area (Å²) in [6, 6.07) is 23.7. The van der Waals surface area contributed by atoms with Crippen LogP contribution in [0.1, 0.15) is 49.3 Å². The predicted octanol–water partition coefficient (Wildman–Crippen LogP) is 6.86. The molecule has 0 spiro atoms. The van der Waals surface area contributed by atoms with Crippen molar-refractivity contribution in [1.29, 1.82) is 0 Å². The summed E-state index contributed by atoms with van der Waals surface area (Å²) in [5, 5.41) is 12.5. The van der Waals surface area contributed by atoms with Crippen LogP contribution >= 0.6 is 11.6 Å². The Kier molecular flexibility index (Phi) is 7.13. The Morgan fingerprint density at radius 2 is 1.69 bits per heavy atom. The standard InChI is InChI=1S/C29H28ClNO3S/c1-29(2,3)25-9-4-5-10-28(25)35(33,34)19-27(32)22-8-6-7-20(17-22)11-15-24-16-13-21-12-14-23(30)18-26(21)31-24/h4-18,27,32H,19H2,1-3H3/b15-11+. The molecule has 0 fully saturated rings. The SMILES string of the molecule is CC(C)(C)c1ccccc1S(=O)(=O)CC(O)c1cccc(/C=C/c2ccc3ccc(Cl)cc3n2)c1. The number of hydrogen-bond acceptors (Lipinski definition) is 4. The number of rotatable bonds is 6. The average molecular weight is 506 g/mol. The summed E-state index contributed by atoms with van der Waals surface area (Å²) in [7, 11) is -3.70. The number of aliphatic hydroxyl groups excluding tert-OH is 1. The maximum atomic E-state index is 13.2. The van der Waals surface area contributed by atoms with E-state index in [2.05, 4.69) is 4.98 Å². The molecular formula is C29H28ClNO3S. The third kappa shape index (κ3) is 5.99. The van der Waals surface area contributed by atoms with Gasteiger partial charge in [-0.15, -0.1) is 0 Å². The average Bonchev–Trinajstić information content (AvgIpc) is 2.82. The molecule has 180 valence electrons. The van der Waals surface area contributed by atoms with Crippen molar-refractivity contribution in [2.45, 2.75) is 37.2 Å². The molecular weight excluding hydrogens is 478 g/mol. The van der Waals surface area contributed by atoms with Crippen LogP contribution in [0.2, 0.25) is 5.02 Å². The largest absolute Gasteiger partial charge is 0.387 e. The van der Waals surface area contributed by atoms with Crippen LogP contribution in [0.4, 0.5) is 0 Å². The van der Waals surface area contributed by atoms with E-state index in [-0.39, 0.29) is 16.1 Å². The van der Waals surface area contributed by atoms with Crippen molar-refractivity contribution >= 4 is 44.5 Å². The lowest BCUT2D eigenvalue weighted by Crippen LogP contribution is -2.21. The van der Waals surface area contributed by atoms with E-state index in [1.807, 2.05) is 87.5 Å². The minimum Gasteiger partial charge on any atom is -0.387 e. The van der Waals surface area contributed by atoms with Gasteiger partial charge in [-0.05, 0) is 58.5 Å². The quantitative estimate of drug-likeness (QED) is 0.310. The normalized spacial score (nSPS) is 13.4. The van der Waals surface area contributed by atoms with Gasteiger partial charge in [-0.1, -0.05) is 87.0 Å². The van der Waals surface area contributed by atoms with Crippen molar-refractivity contribution in [3.8, 4) is 0 Å². The second-order valence-electron chi connectivity index (χ2n) is 9.62. The highest BCUT2D eigenvalue weighted by Crippen LogP contribution is 2.31. The first kappa shape index (κ1) is 25.1. The first-order valence-electron chi connectivity index (χ1n) is 11.4. The van der Waals surface area contributed by atoms with Crippen LogP contribution in [0, 0.1) is 0 Å². The Hall–Kier alpha value is -2.99. The van der Waals surface area contributed by atoms with Gasteiger partial charge >= 0.3 is 0 Å². The van der Waals surface area contributed by atoms with Crippen LogP contribution in [0.5, 0.6) is 0 Å². The van der Waals surface area contributed by atoms with Crippen LogP contribution in [0.15, 0.2) is 83.8 Å². The van der Waals surface area contributed by atoms with E-state index in [1.54, 1.807) is 24.3 Å². The highest BCUT2D eigenvalue weighted by molar-refractivity contribution is 7.91. The predicted molar refractivity (Wildman–Crippen MR) is 144 cm³/mol. The molecule has 1 aromatic heterocycles. The molecule has 35 heavy (non-hydrogen) atoms. The van der Waals surface area contributed by atoms with Gasteiger partial charge in [0, 0.05) is 10.4 Å². The summed E-state index contributed by atoms with van der Waals surface area (Å²) in [5.41, 5.74) is 3.37. The maximum absolute atomic E-state index is 13.2. The van der Waals surface area contributed by atoms with Crippen molar-refractivity contribution in [1.82, 2.24) is 4.98 Å². The molecule has 6 heteroatoms. The molecule has 0 aliphatic heterocycles. The fourth-order valence-electron chi connectivity index (χ4n) is 4.00. The van der Waals surface area contributed by atoms with E-state index in [4.69, 9.17) is 11.6 Å². The van der Waals surface area contributed by atoms with E-state index in [0.29, 0.717) is 10.6 Å². The van der Waals surface area contributed by atoms with E-state index in [1.165, 1.54) is 0 Å². The third-order valence-electron chi connectivity index (χ3n) is 5.83. The molecule has 4 aromatic rings. The molecule has 3 aromatic carbocycles. The topological polar surface area (TPSA) is 67.3 Å². The van der Waals surface area contributed by atoms with Crippen LogP contribution in [-0.2, 0) is 15.3 Å². The van der Waals surface area contributed by atoms with Crippen molar-refractivity contribution in [2.75, 3.05) is 5.75 Å². The molecule has 0 bridgehead atoms. The molecule has 0 saturated carbocycles. The number of pyridine rings is 1. The molecule has 0 saturated heterocycles. The van der Waals surface area contributed by atoms with E-state index >= 15 is 0 Å². The highest BCUT2D eigenvalue weighted by atomic mass is 35.5. The smallest absolute Gasteiger partial charge is 0.181 e. The summed E-state index contributed by atoms with van der Waals surface area (Å²) in [6.07, 6.45) is 2.61. The molecule has 0 aliphatic carbocycles. The fourth-order valence-corrected chi connectivity index (χ4v) is 5.95. The maximum Gasteiger partial charge on any atom is 0.181 e. The molecule has 0 radical (unpaired) electrons. The number of hydrogen-bond donors (Lipinski definition) is 1. The van der Waals surface area contributed by atoms with Gasteiger partial charge in [-0.3, -0.25) is 0 Å². The molecule has 1 N–H and O–H groups in total. The van der Waals surface area contributed by atoms with Gasteiger partial charge in [0.25, 0.3) is 0 Å². The van der Waals surface area contributed by atoms with Crippen molar-refractivity contribution < 1.29 is 13.5 Å². The molecule has 1 atom stereocenters. The lowest BCUT2D eigenvalue weighted by Gasteiger charge is -2.23. The number of benzene rings is 3. The Bertz CT molecular complexity index is 1500. The summed E-state index contributed by atoms with van der Waals surface area (Å²) in [4.78, 5) is 4.89. The molecule has 1 heterocycles. The zero-order valence-corrected chi connectivity index (χ0v) is 21.5. The zero-order chi connectivity index (χ0) is 25.2. The van der Waals surface area contributed by atoms with Crippen LogP contribution < -0.4 is 0 Å². The van der Waals surface area contributed by atoms with Gasteiger partial charge < -0.3 is 5.11 Å². The van der Waals surface area contributed by atoms with Gasteiger partial charge in [0.05, 0.1) is 28.0 Å². The summed E-state index contributed by atoms with van der Waals surface area (Å²) >= 11 is 6.08. The van der Waals surface area contributed by atoms with Gasteiger partial charge in [-0.25, -0.2) is 13.4 Å². The lowest BCUT2D eigenvalue weighted by molar-refractivity contribution is 0.201. The van der Waals surface area contributed by atoms with Gasteiger partial charge in [-0.2, -0.15) is 0 Å². The molecule has 4 nitrogen and oxygen atoms in total. The summed E-state index contributed by atoms with van der Waals surface area (Å²) in [6.45, 7) is 5.94. The van der Waals surface area contributed by atoms with Gasteiger partial charge in [0.15, 0.2) is 9.84 Å². The van der Waals surface area contributed by atoms with Crippen molar-refractivity contribution in [2.24, 2.45) is 0 Å². The molecule has 4 rings (SSSR count). The monoisotopic (exact) mass is 505 g/mol. The van der Waals surface area contributed by atoms with Crippen molar-refractivity contribution in [3.05, 3.63) is 106 Å². The Morgan fingerprint density at radius 1 is 0.943 bits per heavy atom. The van der Waals surface area contributed by atoms with Crippen molar-refractivity contribution in [3.63, 3.8) is 0 Å². The van der Waals surface area contributed by atoms with E-state index < -0.39 is 15.9 Å². The Balaban J connectivity index is 1.55. The van der Waals surface area contributed by atoms with Crippen LogP contribution in [-0.4, -0.2) is 24.3 Å². The highest BCUT2D eigenvalue weighted by Gasteiger charge is 2.27. The minimum absolute atomic E-state index is 0.269. The van der Waals surface area contributed by atoms with Crippen LogP contribution in [0.3, 0.4) is 0 Å². The fraction of sp³-hybridized carbons (Fsp3) is 0.207. The van der Waals surface area contributed by atoms with E-state index in [0.717, 1.165) is 27.7 Å². The van der Waals surface area contributed by atoms with Gasteiger partial charge in [0.2, 0.25) is 0 Å². The molecule has 1 unspecified atom stereocenters.